The lowest BCUT2D eigenvalue weighted by Gasteiger charge is -2.25. The Hall–Kier alpha value is -1.59. The van der Waals surface area contributed by atoms with E-state index in [1.165, 1.54) is 17.7 Å². The maximum atomic E-state index is 12.4. The van der Waals surface area contributed by atoms with Gasteiger partial charge in [-0.25, -0.2) is 0 Å². The summed E-state index contributed by atoms with van der Waals surface area (Å²) in [6.45, 7) is 8.19. The van der Waals surface area contributed by atoms with Crippen molar-refractivity contribution >= 4 is 11.6 Å². The number of ether oxygens (including phenoxy) is 2. The summed E-state index contributed by atoms with van der Waals surface area (Å²) in [4.78, 5) is 14.8. The smallest absolute Gasteiger partial charge is 0.249 e. The zero-order valence-electron chi connectivity index (χ0n) is 15.6. The van der Waals surface area contributed by atoms with Crippen molar-refractivity contribution in [2.45, 2.75) is 38.2 Å². The van der Waals surface area contributed by atoms with Gasteiger partial charge in [-0.1, -0.05) is 32.0 Å². The molecule has 1 amide bonds. The summed E-state index contributed by atoms with van der Waals surface area (Å²) >= 11 is 0. The minimum absolute atomic E-state index is 0.0213. The zero-order chi connectivity index (χ0) is 17.9. The van der Waals surface area contributed by atoms with Crippen molar-refractivity contribution in [1.82, 2.24) is 5.32 Å². The standard InChI is InChI=1S/C20H30N2O3/c1-15(2)8-10-22-13-20(16-6-4-5-7-17(16)22)12-18(25-14-20)19(23)21-9-11-24-3/h4-7,15,18H,8-14H2,1-3H3,(H,21,23). The Morgan fingerprint density at radius 2 is 2.24 bits per heavy atom. The summed E-state index contributed by atoms with van der Waals surface area (Å²) in [5.74, 6) is 0.662. The fraction of sp³-hybridized carbons (Fsp3) is 0.650. The van der Waals surface area contributed by atoms with Gasteiger partial charge in [-0.3, -0.25) is 4.79 Å². The molecule has 0 radical (unpaired) electrons. The predicted octanol–water partition coefficient (Wildman–Crippen LogP) is 2.34. The van der Waals surface area contributed by atoms with E-state index in [0.29, 0.717) is 25.7 Å². The molecule has 0 saturated carbocycles. The average molecular weight is 346 g/mol. The molecule has 2 unspecified atom stereocenters. The first-order valence-corrected chi connectivity index (χ1v) is 9.28. The number of benzene rings is 1. The van der Waals surface area contributed by atoms with E-state index in [1.54, 1.807) is 7.11 Å². The van der Waals surface area contributed by atoms with Gasteiger partial charge in [0, 0.05) is 37.8 Å². The average Bonchev–Trinajstić information content (AvgIpc) is 3.17. The van der Waals surface area contributed by atoms with E-state index in [0.717, 1.165) is 19.5 Å². The number of amides is 1. The fourth-order valence-corrected chi connectivity index (χ4v) is 3.94. The molecule has 138 valence electrons. The molecule has 3 rings (SSSR count). The van der Waals surface area contributed by atoms with Crippen LogP contribution in [0.5, 0.6) is 0 Å². The molecule has 1 saturated heterocycles. The second kappa shape index (κ2) is 7.75. The number of nitrogens with one attached hydrogen (secondary N) is 1. The first-order valence-electron chi connectivity index (χ1n) is 9.28. The topological polar surface area (TPSA) is 50.8 Å². The quantitative estimate of drug-likeness (QED) is 0.770. The van der Waals surface area contributed by atoms with Crippen molar-refractivity contribution in [3.05, 3.63) is 29.8 Å². The van der Waals surface area contributed by atoms with Crippen molar-refractivity contribution in [1.29, 1.82) is 0 Å². The molecule has 5 nitrogen and oxygen atoms in total. The summed E-state index contributed by atoms with van der Waals surface area (Å²) in [6, 6.07) is 8.61. The molecule has 0 aliphatic carbocycles. The third-order valence-corrected chi connectivity index (χ3v) is 5.32. The second-order valence-electron chi connectivity index (χ2n) is 7.69. The van der Waals surface area contributed by atoms with Gasteiger partial charge < -0.3 is 19.7 Å². The van der Waals surface area contributed by atoms with Crippen LogP contribution in [0.3, 0.4) is 0 Å². The van der Waals surface area contributed by atoms with Gasteiger partial charge >= 0.3 is 0 Å². The highest BCUT2D eigenvalue weighted by Crippen LogP contribution is 2.47. The largest absolute Gasteiger partial charge is 0.383 e. The van der Waals surface area contributed by atoms with Gasteiger partial charge in [0.15, 0.2) is 0 Å². The molecule has 5 heteroatoms. The minimum Gasteiger partial charge on any atom is -0.383 e. The van der Waals surface area contributed by atoms with E-state index in [4.69, 9.17) is 9.47 Å². The molecular weight excluding hydrogens is 316 g/mol. The molecule has 2 heterocycles. The SMILES string of the molecule is COCCNC(=O)C1CC2(CO1)CN(CCC(C)C)c1ccccc12. The Kier molecular flexibility index (Phi) is 5.64. The summed E-state index contributed by atoms with van der Waals surface area (Å²) in [5, 5.41) is 2.90. The van der Waals surface area contributed by atoms with E-state index in [2.05, 4.69) is 48.3 Å². The van der Waals surface area contributed by atoms with Crippen LogP contribution in [0.25, 0.3) is 0 Å². The predicted molar refractivity (Wildman–Crippen MR) is 99.0 cm³/mol. The summed E-state index contributed by atoms with van der Waals surface area (Å²) < 4.78 is 10.9. The Morgan fingerprint density at radius 3 is 3.00 bits per heavy atom. The summed E-state index contributed by atoms with van der Waals surface area (Å²) in [6.07, 6.45) is 1.56. The Balaban J connectivity index is 1.71. The van der Waals surface area contributed by atoms with Gasteiger partial charge in [0.05, 0.1) is 13.2 Å². The van der Waals surface area contributed by atoms with Gasteiger partial charge in [0.25, 0.3) is 0 Å². The van der Waals surface area contributed by atoms with Crippen LogP contribution in [0.1, 0.15) is 32.3 Å². The van der Waals surface area contributed by atoms with Crippen molar-refractivity contribution in [3.8, 4) is 0 Å². The lowest BCUT2D eigenvalue weighted by atomic mass is 9.80. The van der Waals surface area contributed by atoms with Crippen molar-refractivity contribution in [3.63, 3.8) is 0 Å². The third kappa shape index (κ3) is 3.82. The molecule has 2 atom stereocenters. The molecule has 0 aromatic heterocycles. The Labute approximate surface area is 150 Å². The summed E-state index contributed by atoms with van der Waals surface area (Å²) in [7, 11) is 1.63. The number of carbonyl (C=O) groups is 1. The number of fused-ring (bicyclic) bond motifs is 2. The van der Waals surface area contributed by atoms with Gasteiger partial charge in [-0.2, -0.15) is 0 Å². The molecular formula is C20H30N2O3. The van der Waals surface area contributed by atoms with E-state index in [-0.39, 0.29) is 17.4 Å². The Morgan fingerprint density at radius 1 is 1.44 bits per heavy atom. The number of rotatable bonds is 7. The molecule has 0 bridgehead atoms. The van der Waals surface area contributed by atoms with Crippen molar-refractivity contribution < 1.29 is 14.3 Å². The number of hydrogen-bond donors (Lipinski definition) is 1. The van der Waals surface area contributed by atoms with Gasteiger partial charge in [0.2, 0.25) is 5.91 Å². The Bertz CT molecular complexity index is 604. The normalized spacial score (nSPS) is 25.0. The summed E-state index contributed by atoms with van der Waals surface area (Å²) in [5.41, 5.74) is 2.59. The molecule has 1 spiro atoms. The lowest BCUT2D eigenvalue weighted by molar-refractivity contribution is -0.130. The first kappa shape index (κ1) is 18.2. The van der Waals surface area contributed by atoms with Crippen LogP contribution in [0.15, 0.2) is 24.3 Å². The number of methoxy groups -OCH3 is 1. The molecule has 2 aliphatic rings. The van der Waals surface area contributed by atoms with E-state index < -0.39 is 0 Å². The van der Waals surface area contributed by atoms with Crippen LogP contribution < -0.4 is 10.2 Å². The number of nitrogens with zero attached hydrogens (tertiary/aromatic N) is 1. The number of anilines is 1. The molecule has 1 aromatic rings. The molecule has 25 heavy (non-hydrogen) atoms. The number of para-hydroxylation sites is 1. The van der Waals surface area contributed by atoms with Crippen molar-refractivity contribution in [2.24, 2.45) is 5.92 Å². The van der Waals surface area contributed by atoms with Crippen LogP contribution in [0.4, 0.5) is 5.69 Å². The van der Waals surface area contributed by atoms with Gasteiger partial charge in [-0.15, -0.1) is 0 Å². The zero-order valence-corrected chi connectivity index (χ0v) is 15.6. The van der Waals surface area contributed by atoms with E-state index in [9.17, 15) is 4.79 Å². The third-order valence-electron chi connectivity index (χ3n) is 5.32. The fourth-order valence-electron chi connectivity index (χ4n) is 3.94. The van der Waals surface area contributed by atoms with Crippen LogP contribution in [0, 0.1) is 5.92 Å². The minimum atomic E-state index is -0.366. The number of hydrogen-bond acceptors (Lipinski definition) is 4. The second-order valence-corrected chi connectivity index (χ2v) is 7.69. The highest BCUT2D eigenvalue weighted by atomic mass is 16.5. The van der Waals surface area contributed by atoms with Crippen LogP contribution in [0.2, 0.25) is 0 Å². The highest BCUT2D eigenvalue weighted by molar-refractivity contribution is 5.81. The lowest BCUT2D eigenvalue weighted by Crippen LogP contribution is -2.38. The number of carbonyl (C=O) groups excluding carboxylic acids is 1. The van der Waals surface area contributed by atoms with E-state index >= 15 is 0 Å². The monoisotopic (exact) mass is 346 g/mol. The molecule has 2 aliphatic heterocycles. The maximum Gasteiger partial charge on any atom is 0.249 e. The molecule has 1 N–H and O–H groups in total. The van der Waals surface area contributed by atoms with Crippen molar-refractivity contribution in [2.75, 3.05) is 44.9 Å². The van der Waals surface area contributed by atoms with E-state index in [1.807, 2.05) is 0 Å². The maximum absolute atomic E-state index is 12.4. The van der Waals surface area contributed by atoms with Crippen LogP contribution in [-0.4, -0.2) is 52.0 Å². The van der Waals surface area contributed by atoms with Gasteiger partial charge in [-0.05, 0) is 30.4 Å². The van der Waals surface area contributed by atoms with Crippen LogP contribution in [-0.2, 0) is 19.7 Å². The van der Waals surface area contributed by atoms with Crippen LogP contribution >= 0.6 is 0 Å². The molecule has 1 aromatic carbocycles. The highest BCUT2D eigenvalue weighted by Gasteiger charge is 2.50. The molecule has 1 fully saturated rings. The van der Waals surface area contributed by atoms with Gasteiger partial charge in [0.1, 0.15) is 6.10 Å². The first-order chi connectivity index (χ1) is 12.1.